The summed E-state index contributed by atoms with van der Waals surface area (Å²) >= 11 is 2.41. The summed E-state index contributed by atoms with van der Waals surface area (Å²) in [6.07, 6.45) is 0. The van der Waals surface area contributed by atoms with Crippen LogP contribution < -0.4 is 4.74 Å². The Hall–Kier alpha value is -1.81. The maximum absolute atomic E-state index is 13.9. The van der Waals surface area contributed by atoms with Crippen LogP contribution in [0.15, 0.2) is 32.5 Å². The van der Waals surface area contributed by atoms with Gasteiger partial charge in [-0.15, -0.1) is 0 Å². The summed E-state index contributed by atoms with van der Waals surface area (Å²) < 4.78 is 82.2. The molecule has 23 heavy (non-hydrogen) atoms. The van der Waals surface area contributed by atoms with E-state index in [0.717, 1.165) is 12.1 Å². The van der Waals surface area contributed by atoms with E-state index in [1.807, 2.05) is 0 Å². The van der Waals surface area contributed by atoms with Crippen LogP contribution in [-0.2, 0) is 9.84 Å². The average molecular weight is 415 g/mol. The van der Waals surface area contributed by atoms with E-state index < -0.39 is 53.1 Å². The highest BCUT2D eigenvalue weighted by Crippen LogP contribution is 2.37. The standard InChI is InChI=1S/C13H7BrF4O4S/c1-22-7-3-2-5(4-6(7)19)23(20,21)13-8(14)9(15)10(16)11(17)12(13)18/h2-4,19H,1H3. The second-order valence-corrected chi connectivity index (χ2v) is 6.92. The smallest absolute Gasteiger partial charge is 0.210 e. The third-order valence-corrected chi connectivity index (χ3v) is 5.70. The molecule has 0 radical (unpaired) electrons. The van der Waals surface area contributed by atoms with Crippen LogP contribution in [0.5, 0.6) is 11.5 Å². The van der Waals surface area contributed by atoms with Crippen molar-refractivity contribution in [3.8, 4) is 11.5 Å². The molecular formula is C13H7BrF4O4S. The minimum atomic E-state index is -4.79. The molecule has 2 aromatic rings. The van der Waals surface area contributed by atoms with Crippen LogP contribution in [0.25, 0.3) is 0 Å². The van der Waals surface area contributed by atoms with Gasteiger partial charge in [0.15, 0.2) is 34.8 Å². The first-order valence-electron chi connectivity index (χ1n) is 5.76. The van der Waals surface area contributed by atoms with Gasteiger partial charge < -0.3 is 9.84 Å². The van der Waals surface area contributed by atoms with Crippen molar-refractivity contribution in [3.05, 3.63) is 45.9 Å². The number of phenols is 1. The Labute approximate surface area is 136 Å². The Morgan fingerprint density at radius 1 is 1.04 bits per heavy atom. The first-order chi connectivity index (χ1) is 10.6. The normalized spacial score (nSPS) is 11.6. The van der Waals surface area contributed by atoms with Gasteiger partial charge in [-0.2, -0.15) is 0 Å². The lowest BCUT2D eigenvalue weighted by Gasteiger charge is -2.11. The van der Waals surface area contributed by atoms with Crippen LogP contribution in [0.2, 0.25) is 0 Å². The van der Waals surface area contributed by atoms with E-state index in [2.05, 4.69) is 15.9 Å². The lowest BCUT2D eigenvalue weighted by Crippen LogP contribution is -2.11. The molecule has 2 aromatic carbocycles. The maximum atomic E-state index is 13.9. The third kappa shape index (κ3) is 2.76. The monoisotopic (exact) mass is 414 g/mol. The van der Waals surface area contributed by atoms with Crippen molar-refractivity contribution < 1.29 is 35.8 Å². The molecule has 0 aliphatic heterocycles. The minimum absolute atomic E-state index is 0.0695. The van der Waals surface area contributed by atoms with Crippen molar-refractivity contribution in [1.29, 1.82) is 0 Å². The van der Waals surface area contributed by atoms with Crippen molar-refractivity contribution in [2.24, 2.45) is 0 Å². The van der Waals surface area contributed by atoms with Crippen molar-refractivity contribution >= 4 is 25.8 Å². The van der Waals surface area contributed by atoms with Gasteiger partial charge in [0.25, 0.3) is 0 Å². The van der Waals surface area contributed by atoms with Gasteiger partial charge in [-0.3, -0.25) is 0 Å². The number of aromatic hydroxyl groups is 1. The number of ether oxygens (including phenoxy) is 1. The summed E-state index contributed by atoms with van der Waals surface area (Å²) in [5.41, 5.74) is 0. The molecule has 0 atom stereocenters. The molecule has 4 nitrogen and oxygen atoms in total. The van der Waals surface area contributed by atoms with Crippen LogP contribution in [0, 0.1) is 23.3 Å². The Balaban J connectivity index is 2.78. The molecule has 0 aliphatic carbocycles. The summed E-state index contributed by atoms with van der Waals surface area (Å²) in [4.78, 5) is -2.08. The van der Waals surface area contributed by atoms with Gasteiger partial charge in [-0.1, -0.05) is 0 Å². The van der Waals surface area contributed by atoms with Crippen LogP contribution in [0.3, 0.4) is 0 Å². The predicted octanol–water partition coefficient (Wildman–Crippen LogP) is 3.55. The highest BCUT2D eigenvalue weighted by molar-refractivity contribution is 9.10. The van der Waals surface area contributed by atoms with Gasteiger partial charge >= 0.3 is 0 Å². The topological polar surface area (TPSA) is 63.6 Å². The van der Waals surface area contributed by atoms with Gasteiger partial charge in [-0.25, -0.2) is 26.0 Å². The summed E-state index contributed by atoms with van der Waals surface area (Å²) in [5, 5.41) is 9.59. The second-order valence-electron chi connectivity index (χ2n) is 4.24. The zero-order valence-corrected chi connectivity index (χ0v) is 13.6. The molecule has 0 unspecified atom stereocenters. The van der Waals surface area contributed by atoms with Crippen molar-refractivity contribution in [3.63, 3.8) is 0 Å². The molecule has 0 spiro atoms. The molecule has 10 heteroatoms. The van der Waals surface area contributed by atoms with E-state index in [1.165, 1.54) is 7.11 Å². The molecule has 0 aliphatic rings. The number of rotatable bonds is 3. The van der Waals surface area contributed by atoms with Crippen LogP contribution in [0.1, 0.15) is 0 Å². The van der Waals surface area contributed by atoms with Gasteiger partial charge in [0.2, 0.25) is 9.84 Å². The first-order valence-corrected chi connectivity index (χ1v) is 8.04. The molecule has 0 bridgehead atoms. The SMILES string of the molecule is COc1ccc(S(=O)(=O)c2c(F)c(F)c(F)c(F)c2Br)cc1O. The van der Waals surface area contributed by atoms with Gasteiger partial charge in [0.1, 0.15) is 4.90 Å². The second kappa shape index (κ2) is 6.00. The van der Waals surface area contributed by atoms with Gasteiger partial charge in [0, 0.05) is 6.07 Å². The molecule has 2 rings (SSSR count). The fraction of sp³-hybridized carbons (Fsp3) is 0.0769. The largest absolute Gasteiger partial charge is 0.504 e. The molecular weight excluding hydrogens is 408 g/mol. The zero-order valence-electron chi connectivity index (χ0n) is 11.2. The molecule has 0 amide bonds. The molecule has 1 N–H and O–H groups in total. The fourth-order valence-electron chi connectivity index (χ4n) is 1.78. The van der Waals surface area contributed by atoms with E-state index in [9.17, 15) is 31.1 Å². The minimum Gasteiger partial charge on any atom is -0.504 e. The Kier molecular flexibility index (Phi) is 4.58. The summed E-state index contributed by atoms with van der Waals surface area (Å²) in [6.45, 7) is 0. The number of benzene rings is 2. The number of hydrogen-bond acceptors (Lipinski definition) is 4. The van der Waals surface area contributed by atoms with E-state index in [1.54, 1.807) is 0 Å². The van der Waals surface area contributed by atoms with Crippen LogP contribution >= 0.6 is 15.9 Å². The van der Waals surface area contributed by atoms with Crippen molar-refractivity contribution in [2.75, 3.05) is 7.11 Å². The number of hydrogen-bond donors (Lipinski definition) is 1. The molecule has 0 saturated carbocycles. The average Bonchev–Trinajstić information content (AvgIpc) is 2.50. The number of methoxy groups -OCH3 is 1. The fourth-order valence-corrected chi connectivity index (χ4v) is 4.16. The Bertz CT molecular complexity index is 870. The van der Waals surface area contributed by atoms with E-state index in [0.29, 0.717) is 6.07 Å². The van der Waals surface area contributed by atoms with Crippen LogP contribution in [0.4, 0.5) is 17.6 Å². The zero-order chi connectivity index (χ0) is 17.5. The third-order valence-electron chi connectivity index (χ3n) is 2.90. The number of sulfone groups is 1. The summed E-state index contributed by atoms with van der Waals surface area (Å²) in [5.74, 6) is -9.03. The summed E-state index contributed by atoms with van der Waals surface area (Å²) in [6, 6.07) is 2.70. The van der Waals surface area contributed by atoms with E-state index in [4.69, 9.17) is 4.74 Å². The molecule has 0 fully saturated rings. The maximum Gasteiger partial charge on any atom is 0.210 e. The highest BCUT2D eigenvalue weighted by atomic mass is 79.9. The lowest BCUT2D eigenvalue weighted by molar-refractivity contribution is 0.372. The molecule has 0 aromatic heterocycles. The van der Waals surface area contributed by atoms with Gasteiger partial charge in [-0.05, 0) is 28.1 Å². The quantitative estimate of drug-likeness (QED) is 0.361. The van der Waals surface area contributed by atoms with Gasteiger partial charge in [0.05, 0.1) is 16.5 Å². The number of phenolic OH excluding ortho intramolecular Hbond substituents is 1. The van der Waals surface area contributed by atoms with Crippen LogP contribution in [-0.4, -0.2) is 20.6 Å². The Morgan fingerprint density at radius 2 is 1.61 bits per heavy atom. The van der Waals surface area contributed by atoms with Crippen molar-refractivity contribution in [2.45, 2.75) is 9.79 Å². The lowest BCUT2D eigenvalue weighted by atomic mass is 10.3. The highest BCUT2D eigenvalue weighted by Gasteiger charge is 2.33. The van der Waals surface area contributed by atoms with E-state index in [-0.39, 0.29) is 5.75 Å². The Morgan fingerprint density at radius 3 is 2.13 bits per heavy atom. The predicted molar refractivity (Wildman–Crippen MR) is 74.1 cm³/mol. The summed E-state index contributed by atoms with van der Waals surface area (Å²) in [7, 11) is -3.58. The number of halogens is 5. The molecule has 0 saturated heterocycles. The molecule has 124 valence electrons. The molecule has 0 heterocycles. The first kappa shape index (κ1) is 17.5. The van der Waals surface area contributed by atoms with Crippen molar-refractivity contribution in [1.82, 2.24) is 0 Å². The van der Waals surface area contributed by atoms with E-state index >= 15 is 0 Å².